The molecule has 56 heavy (non-hydrogen) atoms. The molecule has 292 valence electrons. The van der Waals surface area contributed by atoms with Crippen molar-refractivity contribution >= 4 is 56.6 Å². The SMILES string of the molecule is Cc1cc(S(=O)(=O)NC(=O)c2ccc(N3CCC(NC(=O)c4ccccc4-c4ccc(Cl)cc4)CC3)cc2)ccc1N[C@@H](CCN(C)C)CSc1ccccc1. The molecule has 0 spiro atoms. The fourth-order valence-electron chi connectivity index (χ4n) is 6.68. The molecule has 1 heterocycles. The highest BCUT2D eigenvalue weighted by Gasteiger charge is 2.24. The Morgan fingerprint density at radius 2 is 1.54 bits per heavy atom. The average molecular weight is 810 g/mol. The molecule has 0 unspecified atom stereocenters. The summed E-state index contributed by atoms with van der Waals surface area (Å²) in [6.45, 7) is 4.22. The van der Waals surface area contributed by atoms with Gasteiger partial charge in [-0.1, -0.05) is 60.1 Å². The van der Waals surface area contributed by atoms with Gasteiger partial charge in [-0.05, 0) is 136 Å². The van der Waals surface area contributed by atoms with Crippen molar-refractivity contribution in [3.05, 3.63) is 143 Å². The van der Waals surface area contributed by atoms with E-state index in [1.165, 1.54) is 11.0 Å². The quantitative estimate of drug-likeness (QED) is 0.0906. The molecule has 1 aliphatic heterocycles. The van der Waals surface area contributed by atoms with Gasteiger partial charge in [0.2, 0.25) is 0 Å². The number of amides is 2. The van der Waals surface area contributed by atoms with Crippen molar-refractivity contribution in [3.8, 4) is 11.1 Å². The number of nitrogens with zero attached hydrogens (tertiary/aromatic N) is 2. The van der Waals surface area contributed by atoms with Crippen molar-refractivity contribution in [1.29, 1.82) is 0 Å². The lowest BCUT2D eigenvalue weighted by Crippen LogP contribution is -2.44. The van der Waals surface area contributed by atoms with Gasteiger partial charge in [0.05, 0.1) is 4.90 Å². The molecule has 1 saturated heterocycles. The van der Waals surface area contributed by atoms with Crippen LogP contribution >= 0.6 is 23.4 Å². The Labute approximate surface area is 339 Å². The number of hydrogen-bond donors (Lipinski definition) is 3. The number of aryl methyl sites for hydroxylation is 1. The second kappa shape index (κ2) is 18.9. The number of rotatable bonds is 15. The fraction of sp³-hybridized carbons (Fsp3) is 0.273. The van der Waals surface area contributed by atoms with Gasteiger partial charge < -0.3 is 20.4 Å². The molecule has 0 aromatic heterocycles. The zero-order valence-corrected chi connectivity index (χ0v) is 34.3. The molecule has 5 aromatic carbocycles. The van der Waals surface area contributed by atoms with Gasteiger partial charge >= 0.3 is 0 Å². The number of sulfonamides is 1. The molecule has 9 nitrogen and oxygen atoms in total. The lowest BCUT2D eigenvalue weighted by molar-refractivity contribution is 0.0930. The Morgan fingerprint density at radius 3 is 2.21 bits per heavy atom. The van der Waals surface area contributed by atoms with Crippen LogP contribution in [-0.4, -0.2) is 76.7 Å². The summed E-state index contributed by atoms with van der Waals surface area (Å²) >= 11 is 7.86. The Kier molecular flexibility index (Phi) is 13.8. The average Bonchev–Trinajstić information content (AvgIpc) is 3.20. The molecule has 1 fully saturated rings. The molecule has 0 radical (unpaired) electrons. The van der Waals surface area contributed by atoms with Crippen molar-refractivity contribution in [2.45, 2.75) is 48.1 Å². The minimum Gasteiger partial charge on any atom is -0.381 e. The smallest absolute Gasteiger partial charge is 0.264 e. The van der Waals surface area contributed by atoms with Crippen LogP contribution in [0.3, 0.4) is 0 Å². The second-order valence-corrected chi connectivity index (χ2v) is 17.5. The van der Waals surface area contributed by atoms with Gasteiger partial charge in [-0.15, -0.1) is 11.8 Å². The van der Waals surface area contributed by atoms with Crippen LogP contribution in [0.15, 0.2) is 131 Å². The normalized spacial score (nSPS) is 14.0. The van der Waals surface area contributed by atoms with E-state index in [2.05, 4.69) is 51.4 Å². The van der Waals surface area contributed by atoms with E-state index in [9.17, 15) is 18.0 Å². The molecule has 0 bridgehead atoms. The van der Waals surface area contributed by atoms with Crippen LogP contribution in [0, 0.1) is 6.92 Å². The first-order valence-electron chi connectivity index (χ1n) is 18.7. The lowest BCUT2D eigenvalue weighted by Gasteiger charge is -2.34. The van der Waals surface area contributed by atoms with Gasteiger partial charge in [-0.2, -0.15) is 0 Å². The van der Waals surface area contributed by atoms with Gasteiger partial charge in [0.1, 0.15) is 0 Å². The molecule has 3 N–H and O–H groups in total. The molecular formula is C44H48ClN5O4S2. The van der Waals surface area contributed by atoms with Crippen LogP contribution in [0.2, 0.25) is 5.02 Å². The number of anilines is 2. The molecular weight excluding hydrogens is 762 g/mol. The minimum absolute atomic E-state index is 0.0175. The number of benzene rings is 5. The molecule has 1 aliphatic rings. The van der Waals surface area contributed by atoms with Crippen molar-refractivity contribution in [2.75, 3.05) is 49.7 Å². The minimum atomic E-state index is -4.12. The molecule has 12 heteroatoms. The number of carbonyl (C=O) groups is 2. The summed E-state index contributed by atoms with van der Waals surface area (Å²) in [5, 5.41) is 7.48. The zero-order chi connectivity index (χ0) is 39.7. The molecule has 6 rings (SSSR count). The Morgan fingerprint density at radius 1 is 0.857 bits per heavy atom. The van der Waals surface area contributed by atoms with Crippen LogP contribution < -0.4 is 20.3 Å². The number of nitrogens with one attached hydrogen (secondary N) is 3. The standard InChI is InChI=1S/C44H48ClN5O4S2/c1-31-29-39(21-22-42(31)46-36(23-26-49(2)3)30-55-38-9-5-4-6-10-38)56(53,54)48-43(51)33-15-19-37(20-16-33)50-27-24-35(25-28-50)47-44(52)41-12-8-7-11-40(41)32-13-17-34(45)18-14-32/h4-22,29,35-36,46H,23-28,30H2,1-3H3,(H,47,52)(H,48,51)/t36-/m0/s1. The third kappa shape index (κ3) is 10.9. The van der Waals surface area contributed by atoms with E-state index in [1.54, 1.807) is 36.0 Å². The van der Waals surface area contributed by atoms with Gasteiger partial charge in [-0.25, -0.2) is 13.1 Å². The number of hydrogen-bond acceptors (Lipinski definition) is 8. The highest BCUT2D eigenvalue weighted by atomic mass is 35.5. The monoisotopic (exact) mass is 809 g/mol. The Hall–Kier alpha value is -4.81. The summed E-state index contributed by atoms with van der Waals surface area (Å²) in [7, 11) is -0.0184. The zero-order valence-electron chi connectivity index (χ0n) is 31.9. The molecule has 1 atom stereocenters. The second-order valence-electron chi connectivity index (χ2n) is 14.3. The summed E-state index contributed by atoms with van der Waals surface area (Å²) in [5.41, 5.74) is 5.19. The molecule has 2 amide bonds. The van der Waals surface area contributed by atoms with E-state index in [0.717, 1.165) is 72.7 Å². The fourth-order valence-corrected chi connectivity index (χ4v) is 8.86. The van der Waals surface area contributed by atoms with Gasteiger partial charge in [-0.3, -0.25) is 9.59 Å². The van der Waals surface area contributed by atoms with Crippen molar-refractivity contribution in [2.24, 2.45) is 0 Å². The summed E-state index contributed by atoms with van der Waals surface area (Å²) in [5.74, 6) is 0.0448. The predicted molar refractivity (Wildman–Crippen MR) is 230 cm³/mol. The lowest BCUT2D eigenvalue weighted by atomic mass is 9.98. The van der Waals surface area contributed by atoms with E-state index >= 15 is 0 Å². The highest BCUT2D eigenvalue weighted by Crippen LogP contribution is 2.28. The number of piperidine rings is 1. The predicted octanol–water partition coefficient (Wildman–Crippen LogP) is 8.36. The van der Waals surface area contributed by atoms with Crippen LogP contribution in [0.25, 0.3) is 11.1 Å². The Bertz CT molecular complexity index is 2210. The van der Waals surface area contributed by atoms with Crippen LogP contribution in [0.1, 0.15) is 45.5 Å². The van der Waals surface area contributed by atoms with Crippen molar-refractivity contribution < 1.29 is 18.0 Å². The first-order chi connectivity index (χ1) is 26.9. The van der Waals surface area contributed by atoms with E-state index in [0.29, 0.717) is 10.6 Å². The third-order valence-electron chi connectivity index (χ3n) is 9.87. The largest absolute Gasteiger partial charge is 0.381 e. The highest BCUT2D eigenvalue weighted by molar-refractivity contribution is 7.99. The van der Waals surface area contributed by atoms with Crippen molar-refractivity contribution in [3.63, 3.8) is 0 Å². The van der Waals surface area contributed by atoms with Crippen LogP contribution in [-0.2, 0) is 10.0 Å². The third-order valence-corrected chi connectivity index (χ3v) is 12.6. The maximum atomic E-state index is 13.4. The van der Waals surface area contributed by atoms with E-state index < -0.39 is 15.9 Å². The first-order valence-corrected chi connectivity index (χ1v) is 21.6. The number of thioether (sulfide) groups is 1. The Balaban J connectivity index is 1.01. The molecule has 0 saturated carbocycles. The van der Waals surface area contributed by atoms with E-state index in [4.69, 9.17) is 11.6 Å². The summed E-state index contributed by atoms with van der Waals surface area (Å²) < 4.78 is 28.9. The summed E-state index contributed by atoms with van der Waals surface area (Å²) in [6.07, 6.45) is 2.43. The molecule has 0 aliphatic carbocycles. The van der Waals surface area contributed by atoms with Crippen LogP contribution in [0.5, 0.6) is 0 Å². The van der Waals surface area contributed by atoms with Gasteiger partial charge in [0, 0.05) is 63.3 Å². The van der Waals surface area contributed by atoms with Gasteiger partial charge in [0.25, 0.3) is 21.8 Å². The van der Waals surface area contributed by atoms with E-state index in [-0.39, 0.29) is 28.4 Å². The maximum absolute atomic E-state index is 13.4. The van der Waals surface area contributed by atoms with Crippen LogP contribution in [0.4, 0.5) is 11.4 Å². The van der Waals surface area contributed by atoms with Gasteiger partial charge in [0.15, 0.2) is 0 Å². The molecule has 5 aromatic rings. The van der Waals surface area contributed by atoms with Crippen molar-refractivity contribution in [1.82, 2.24) is 14.9 Å². The number of carbonyl (C=O) groups excluding carboxylic acids is 2. The topological polar surface area (TPSA) is 111 Å². The first kappa shape index (κ1) is 40.8. The maximum Gasteiger partial charge on any atom is 0.264 e. The van der Waals surface area contributed by atoms with E-state index in [1.807, 2.05) is 85.8 Å². The number of halogens is 1. The summed E-state index contributed by atoms with van der Waals surface area (Å²) in [6, 6.07) is 37.3. The summed E-state index contributed by atoms with van der Waals surface area (Å²) in [4.78, 5) is 32.1.